The molecule has 4 heteroatoms. The van der Waals surface area contributed by atoms with E-state index >= 15 is 0 Å². The highest BCUT2D eigenvalue weighted by Gasteiger charge is 2.59. The predicted octanol–water partition coefficient (Wildman–Crippen LogP) is 8.03. The molecule has 0 aromatic carbocycles. The average Bonchev–Trinajstić information content (AvgIpc) is 3.26. The van der Waals surface area contributed by atoms with Gasteiger partial charge in [0.25, 0.3) is 0 Å². The summed E-state index contributed by atoms with van der Waals surface area (Å²) in [5, 5.41) is 0. The number of nitrogens with two attached hydrogens (primary N) is 2. The Hall–Kier alpha value is -0.870. The summed E-state index contributed by atoms with van der Waals surface area (Å²) in [5.41, 5.74) is 14.1. The molecule has 0 saturated heterocycles. The quantitative estimate of drug-likeness (QED) is 0.149. The van der Waals surface area contributed by atoms with Gasteiger partial charge in [0.2, 0.25) is 0 Å². The Morgan fingerprint density at radius 1 is 1.03 bits per heavy atom. The van der Waals surface area contributed by atoms with Crippen LogP contribution in [0.4, 0.5) is 0 Å². The third-order valence-corrected chi connectivity index (χ3v) is 12.8. The molecule has 4 aliphatic rings. The highest BCUT2D eigenvalue weighted by molar-refractivity contribution is 5.75. The van der Waals surface area contributed by atoms with Crippen LogP contribution in [0.25, 0.3) is 0 Å². The zero-order chi connectivity index (χ0) is 28.4. The number of carbonyl (C=O) groups excluding carboxylic acids is 1. The number of rotatable bonds is 12. The molecule has 0 aromatic rings. The molecule has 4 rings (SSSR count). The lowest BCUT2D eigenvalue weighted by atomic mass is 9.47. The fourth-order valence-electron chi connectivity index (χ4n) is 10.3. The predicted molar refractivity (Wildman–Crippen MR) is 163 cm³/mol. The standard InChI is InChI=1S/C35H62N2O2/c1-7-25(23(2)3)12-11-24(4)29-15-16-30-28-14-13-26-22-27(39-33(38)32(37)10-8-9-21-36)17-19-34(26,5)31(28)18-20-35(29,30)6/h13,23-25,27-32H,7-12,14-22,36-37H2,1-6H3/t24-,25-,27+,28+,29-,30+,31+,32+,34+,35-/m1/s1. The molecule has 4 aliphatic carbocycles. The smallest absolute Gasteiger partial charge is 0.323 e. The van der Waals surface area contributed by atoms with E-state index in [4.69, 9.17) is 16.2 Å². The zero-order valence-corrected chi connectivity index (χ0v) is 26.4. The molecule has 3 saturated carbocycles. The first kappa shape index (κ1) is 31.1. The summed E-state index contributed by atoms with van der Waals surface area (Å²) in [6.07, 6.45) is 19.2. The van der Waals surface area contributed by atoms with Crippen LogP contribution in [0.2, 0.25) is 0 Å². The fourth-order valence-corrected chi connectivity index (χ4v) is 10.3. The van der Waals surface area contributed by atoms with E-state index in [1.54, 1.807) is 5.57 Å². The number of ether oxygens (including phenoxy) is 1. The molecule has 224 valence electrons. The molecule has 0 spiro atoms. The van der Waals surface area contributed by atoms with Crippen molar-refractivity contribution in [1.82, 2.24) is 0 Å². The first-order valence-electron chi connectivity index (χ1n) is 16.9. The second kappa shape index (κ2) is 13.0. The van der Waals surface area contributed by atoms with Crippen LogP contribution in [0.1, 0.15) is 131 Å². The summed E-state index contributed by atoms with van der Waals surface area (Å²) in [4.78, 5) is 12.7. The van der Waals surface area contributed by atoms with Crippen LogP contribution in [-0.2, 0) is 9.53 Å². The topological polar surface area (TPSA) is 78.3 Å². The van der Waals surface area contributed by atoms with Gasteiger partial charge < -0.3 is 16.2 Å². The van der Waals surface area contributed by atoms with E-state index in [-0.39, 0.29) is 17.5 Å². The van der Waals surface area contributed by atoms with Crippen molar-refractivity contribution < 1.29 is 9.53 Å². The van der Waals surface area contributed by atoms with Crippen molar-refractivity contribution >= 4 is 5.97 Å². The Kier molecular flexibility index (Phi) is 10.3. The second-order valence-electron chi connectivity index (χ2n) is 15.1. The monoisotopic (exact) mass is 542 g/mol. The number of hydrogen-bond donors (Lipinski definition) is 2. The van der Waals surface area contributed by atoms with Crippen LogP contribution < -0.4 is 11.5 Å². The number of allylic oxidation sites excluding steroid dienone is 1. The van der Waals surface area contributed by atoms with Crippen molar-refractivity contribution in [2.24, 2.45) is 63.7 Å². The lowest BCUT2D eigenvalue weighted by molar-refractivity contribution is -0.153. The van der Waals surface area contributed by atoms with E-state index in [2.05, 4.69) is 47.6 Å². The average molecular weight is 543 g/mol. The van der Waals surface area contributed by atoms with Gasteiger partial charge >= 0.3 is 5.97 Å². The summed E-state index contributed by atoms with van der Waals surface area (Å²) in [6, 6.07) is -0.512. The van der Waals surface area contributed by atoms with E-state index in [0.717, 1.165) is 73.5 Å². The van der Waals surface area contributed by atoms with Gasteiger partial charge in [0.15, 0.2) is 0 Å². The number of carbonyl (C=O) groups is 1. The Labute approximate surface area is 240 Å². The molecule has 10 atom stereocenters. The minimum atomic E-state index is -0.512. The van der Waals surface area contributed by atoms with Crippen LogP contribution in [0.3, 0.4) is 0 Å². The third kappa shape index (κ3) is 6.32. The van der Waals surface area contributed by atoms with Gasteiger partial charge in [0.05, 0.1) is 0 Å². The molecule has 0 amide bonds. The number of unbranched alkanes of at least 4 members (excludes halogenated alkanes) is 1. The van der Waals surface area contributed by atoms with Crippen LogP contribution in [0.15, 0.2) is 11.6 Å². The highest BCUT2D eigenvalue weighted by atomic mass is 16.5. The maximum Gasteiger partial charge on any atom is 0.323 e. The molecule has 0 aromatic heterocycles. The van der Waals surface area contributed by atoms with Crippen molar-refractivity contribution in [2.75, 3.05) is 6.54 Å². The van der Waals surface area contributed by atoms with Gasteiger partial charge in [-0.05, 0) is 123 Å². The molecule has 4 nitrogen and oxygen atoms in total. The molecule has 0 bridgehead atoms. The molecule has 39 heavy (non-hydrogen) atoms. The summed E-state index contributed by atoms with van der Waals surface area (Å²) in [5.74, 6) is 5.74. The van der Waals surface area contributed by atoms with Crippen molar-refractivity contribution in [3.63, 3.8) is 0 Å². The molecular formula is C35H62N2O2. The molecular weight excluding hydrogens is 480 g/mol. The first-order valence-corrected chi connectivity index (χ1v) is 16.9. The maximum absolute atomic E-state index is 12.7. The van der Waals surface area contributed by atoms with Crippen LogP contribution in [-0.4, -0.2) is 24.7 Å². The maximum atomic E-state index is 12.7. The molecule has 0 heterocycles. The van der Waals surface area contributed by atoms with Gasteiger partial charge in [0.1, 0.15) is 12.1 Å². The third-order valence-electron chi connectivity index (χ3n) is 12.8. The second-order valence-corrected chi connectivity index (χ2v) is 15.1. The van der Waals surface area contributed by atoms with E-state index in [1.807, 2.05) is 0 Å². The minimum absolute atomic E-state index is 0.00251. The Balaban J connectivity index is 1.38. The molecule has 0 unspecified atom stereocenters. The number of esters is 1. The Morgan fingerprint density at radius 2 is 1.79 bits per heavy atom. The Morgan fingerprint density at radius 3 is 2.49 bits per heavy atom. The van der Waals surface area contributed by atoms with E-state index in [1.165, 1.54) is 51.4 Å². The summed E-state index contributed by atoms with van der Waals surface area (Å²) >= 11 is 0. The highest BCUT2D eigenvalue weighted by Crippen LogP contribution is 2.67. The molecule has 4 N–H and O–H groups in total. The largest absolute Gasteiger partial charge is 0.461 e. The van der Waals surface area contributed by atoms with Crippen molar-refractivity contribution in [2.45, 2.75) is 144 Å². The van der Waals surface area contributed by atoms with Crippen molar-refractivity contribution in [3.8, 4) is 0 Å². The van der Waals surface area contributed by atoms with E-state index < -0.39 is 6.04 Å². The summed E-state index contributed by atoms with van der Waals surface area (Å²) < 4.78 is 5.97. The first-order chi connectivity index (χ1) is 18.5. The number of hydrogen-bond acceptors (Lipinski definition) is 4. The SMILES string of the molecule is CC[C@H](CC[C@@H](C)[C@H]1CC[C@H]2[C@@H]3CC=C4C[C@@H](OC(=O)[C@@H](N)CCCCN)CC[C@]4(C)[C@H]3CC[C@]12C)C(C)C. The minimum Gasteiger partial charge on any atom is -0.461 e. The zero-order valence-electron chi connectivity index (χ0n) is 26.4. The van der Waals surface area contributed by atoms with Gasteiger partial charge in [-0.1, -0.05) is 72.5 Å². The molecule has 3 fully saturated rings. The fraction of sp³-hybridized carbons (Fsp3) is 0.914. The Bertz CT molecular complexity index is 854. The van der Waals surface area contributed by atoms with Crippen LogP contribution in [0, 0.1) is 52.3 Å². The van der Waals surface area contributed by atoms with E-state index in [9.17, 15) is 4.79 Å². The van der Waals surface area contributed by atoms with Crippen molar-refractivity contribution in [3.05, 3.63) is 11.6 Å². The van der Waals surface area contributed by atoms with Gasteiger partial charge in [-0.25, -0.2) is 0 Å². The van der Waals surface area contributed by atoms with Crippen LogP contribution >= 0.6 is 0 Å². The van der Waals surface area contributed by atoms with Crippen molar-refractivity contribution in [1.29, 1.82) is 0 Å². The van der Waals surface area contributed by atoms with E-state index in [0.29, 0.717) is 18.4 Å². The van der Waals surface area contributed by atoms with Gasteiger partial charge in [-0.2, -0.15) is 0 Å². The molecule has 0 aliphatic heterocycles. The van der Waals surface area contributed by atoms with Gasteiger partial charge in [0, 0.05) is 6.42 Å². The lowest BCUT2D eigenvalue weighted by Crippen LogP contribution is -2.51. The van der Waals surface area contributed by atoms with Gasteiger partial charge in [-0.15, -0.1) is 0 Å². The lowest BCUT2D eigenvalue weighted by Gasteiger charge is -2.58. The number of fused-ring (bicyclic) bond motifs is 5. The summed E-state index contributed by atoms with van der Waals surface area (Å²) in [6.45, 7) is 15.7. The van der Waals surface area contributed by atoms with Crippen LogP contribution in [0.5, 0.6) is 0 Å². The van der Waals surface area contributed by atoms with Gasteiger partial charge in [-0.3, -0.25) is 4.79 Å². The summed E-state index contributed by atoms with van der Waals surface area (Å²) in [7, 11) is 0. The normalized spacial score (nSPS) is 38.3. The molecule has 0 radical (unpaired) electrons.